The number of carbonyl (C=O) groups is 1. The van der Waals surface area contributed by atoms with E-state index in [9.17, 15) is 4.79 Å². The second-order valence-corrected chi connectivity index (χ2v) is 5.60. The summed E-state index contributed by atoms with van der Waals surface area (Å²) in [4.78, 5) is 11.4. The maximum Gasteiger partial charge on any atom is 0.157 e. The van der Waals surface area contributed by atoms with Gasteiger partial charge in [0.2, 0.25) is 0 Å². The summed E-state index contributed by atoms with van der Waals surface area (Å²) in [5.41, 5.74) is 0.536. The lowest BCUT2D eigenvalue weighted by Crippen LogP contribution is -2.04. The minimum atomic E-state index is 0.536. The Balaban J connectivity index is 2.48. The molecule has 0 amide bonds. The maximum atomic E-state index is 11.4. The zero-order valence-corrected chi connectivity index (χ0v) is 14.1. The van der Waals surface area contributed by atoms with Gasteiger partial charge in [0.25, 0.3) is 0 Å². The van der Waals surface area contributed by atoms with Crippen molar-refractivity contribution >= 4 is 6.29 Å². The van der Waals surface area contributed by atoms with Gasteiger partial charge in [0.1, 0.15) is 11.5 Å². The molecule has 0 bridgehead atoms. The van der Waals surface area contributed by atoms with Gasteiger partial charge in [-0.15, -0.1) is 0 Å². The van der Waals surface area contributed by atoms with Crippen LogP contribution in [0.15, 0.2) is 18.2 Å². The number of benzene rings is 1. The van der Waals surface area contributed by atoms with Gasteiger partial charge in [0.15, 0.2) is 6.29 Å². The number of ether oxygens (including phenoxy) is 2. The monoisotopic (exact) mass is 306 g/mol. The number of hydrogen-bond donors (Lipinski definition) is 0. The molecule has 0 radical (unpaired) electrons. The molecule has 124 valence electrons. The molecule has 0 heterocycles. The van der Waals surface area contributed by atoms with Crippen LogP contribution in [0.5, 0.6) is 11.5 Å². The third-order valence-electron chi connectivity index (χ3n) is 3.65. The van der Waals surface area contributed by atoms with Gasteiger partial charge in [0.05, 0.1) is 18.8 Å². The molecule has 3 nitrogen and oxygen atoms in total. The SMILES string of the molecule is CCCCCCOc1cccc(OCCCCCC)c1C=O. The lowest BCUT2D eigenvalue weighted by Gasteiger charge is -2.13. The Morgan fingerprint density at radius 2 is 1.32 bits per heavy atom. The highest BCUT2D eigenvalue weighted by Gasteiger charge is 2.10. The predicted molar refractivity (Wildman–Crippen MR) is 91.1 cm³/mol. The van der Waals surface area contributed by atoms with Crippen LogP contribution in [0, 0.1) is 0 Å². The highest BCUT2D eigenvalue weighted by molar-refractivity contribution is 5.83. The number of unbranched alkanes of at least 4 members (excludes halogenated alkanes) is 6. The van der Waals surface area contributed by atoms with Crippen molar-refractivity contribution < 1.29 is 14.3 Å². The molecule has 0 aliphatic heterocycles. The molecule has 1 aromatic carbocycles. The van der Waals surface area contributed by atoms with Crippen LogP contribution in [0.1, 0.15) is 75.6 Å². The second-order valence-electron chi connectivity index (χ2n) is 5.60. The summed E-state index contributed by atoms with van der Waals surface area (Å²) < 4.78 is 11.5. The molecule has 0 aromatic heterocycles. The van der Waals surface area contributed by atoms with Crippen LogP contribution in [0.2, 0.25) is 0 Å². The van der Waals surface area contributed by atoms with Crippen LogP contribution >= 0.6 is 0 Å². The average molecular weight is 306 g/mol. The van der Waals surface area contributed by atoms with Crippen molar-refractivity contribution in [1.82, 2.24) is 0 Å². The summed E-state index contributed by atoms with van der Waals surface area (Å²) in [5, 5.41) is 0. The molecule has 0 saturated heterocycles. The average Bonchev–Trinajstić information content (AvgIpc) is 2.54. The third kappa shape index (κ3) is 6.97. The standard InChI is InChI=1S/C19H30O3/c1-3-5-7-9-14-21-18-12-11-13-19(17(18)16-20)22-15-10-8-6-4-2/h11-13,16H,3-10,14-15H2,1-2H3. The predicted octanol–water partition coefficient (Wildman–Crippen LogP) is 5.42. The van der Waals surface area contributed by atoms with Crippen molar-refractivity contribution in [2.75, 3.05) is 13.2 Å². The van der Waals surface area contributed by atoms with E-state index in [0.717, 1.165) is 19.1 Å². The van der Waals surface area contributed by atoms with Crippen molar-refractivity contribution in [3.8, 4) is 11.5 Å². The third-order valence-corrected chi connectivity index (χ3v) is 3.65. The lowest BCUT2D eigenvalue weighted by atomic mass is 10.2. The van der Waals surface area contributed by atoms with E-state index >= 15 is 0 Å². The van der Waals surface area contributed by atoms with Crippen LogP contribution < -0.4 is 9.47 Å². The Hall–Kier alpha value is -1.51. The summed E-state index contributed by atoms with van der Waals surface area (Å²) >= 11 is 0. The van der Waals surface area contributed by atoms with Gasteiger partial charge in [0, 0.05) is 0 Å². The van der Waals surface area contributed by atoms with E-state index in [-0.39, 0.29) is 0 Å². The lowest BCUT2D eigenvalue weighted by molar-refractivity contribution is 0.111. The highest BCUT2D eigenvalue weighted by atomic mass is 16.5. The molecule has 0 fully saturated rings. The molecule has 22 heavy (non-hydrogen) atoms. The Labute approximate surface area is 135 Å². The molecule has 0 spiro atoms. The van der Waals surface area contributed by atoms with E-state index in [4.69, 9.17) is 9.47 Å². The second kappa shape index (κ2) is 12.1. The molecular formula is C19H30O3. The summed E-state index contributed by atoms with van der Waals surface area (Å²) in [6, 6.07) is 5.57. The van der Waals surface area contributed by atoms with Gasteiger partial charge >= 0.3 is 0 Å². The van der Waals surface area contributed by atoms with E-state index in [2.05, 4.69) is 13.8 Å². The van der Waals surface area contributed by atoms with E-state index in [0.29, 0.717) is 30.3 Å². The highest BCUT2D eigenvalue weighted by Crippen LogP contribution is 2.27. The van der Waals surface area contributed by atoms with Gasteiger partial charge in [-0.2, -0.15) is 0 Å². The fourth-order valence-electron chi connectivity index (χ4n) is 2.31. The first-order valence-corrected chi connectivity index (χ1v) is 8.67. The van der Waals surface area contributed by atoms with E-state index in [1.807, 2.05) is 18.2 Å². The largest absolute Gasteiger partial charge is 0.493 e. The summed E-state index contributed by atoms with van der Waals surface area (Å²) in [6.45, 7) is 5.68. The molecule has 0 aliphatic carbocycles. The van der Waals surface area contributed by atoms with Gasteiger partial charge in [-0.25, -0.2) is 0 Å². The molecule has 0 N–H and O–H groups in total. The number of rotatable bonds is 13. The maximum absolute atomic E-state index is 11.4. The summed E-state index contributed by atoms with van der Waals surface area (Å²) in [5.74, 6) is 1.27. The van der Waals surface area contributed by atoms with Gasteiger partial charge < -0.3 is 9.47 Å². The molecule has 3 heteroatoms. The number of aldehydes is 1. The molecular weight excluding hydrogens is 276 g/mol. The molecule has 1 aromatic rings. The molecule has 0 saturated carbocycles. The summed E-state index contributed by atoms with van der Waals surface area (Å²) in [6.07, 6.45) is 10.1. The van der Waals surface area contributed by atoms with Crippen LogP contribution in [0.4, 0.5) is 0 Å². The smallest absolute Gasteiger partial charge is 0.157 e. The molecule has 0 unspecified atom stereocenters. The fraction of sp³-hybridized carbons (Fsp3) is 0.632. The first kappa shape index (κ1) is 18.5. The van der Waals surface area contributed by atoms with Crippen molar-refractivity contribution in [2.45, 2.75) is 65.2 Å². The van der Waals surface area contributed by atoms with Gasteiger partial charge in [-0.1, -0.05) is 58.4 Å². The quantitative estimate of drug-likeness (QED) is 0.361. The van der Waals surface area contributed by atoms with Crippen molar-refractivity contribution in [1.29, 1.82) is 0 Å². The minimum absolute atomic E-state index is 0.536. The van der Waals surface area contributed by atoms with E-state index in [1.165, 1.54) is 38.5 Å². The van der Waals surface area contributed by atoms with E-state index in [1.54, 1.807) is 0 Å². The van der Waals surface area contributed by atoms with Crippen molar-refractivity contribution in [3.63, 3.8) is 0 Å². The topological polar surface area (TPSA) is 35.5 Å². The number of hydrogen-bond acceptors (Lipinski definition) is 3. The van der Waals surface area contributed by atoms with Crippen molar-refractivity contribution in [3.05, 3.63) is 23.8 Å². The van der Waals surface area contributed by atoms with Crippen LogP contribution in [0.3, 0.4) is 0 Å². The zero-order chi connectivity index (χ0) is 16.0. The van der Waals surface area contributed by atoms with Gasteiger partial charge in [-0.05, 0) is 25.0 Å². The fourth-order valence-corrected chi connectivity index (χ4v) is 2.31. The van der Waals surface area contributed by atoms with E-state index < -0.39 is 0 Å². The minimum Gasteiger partial charge on any atom is -0.493 e. The Kier molecular flexibility index (Phi) is 10.2. The van der Waals surface area contributed by atoms with Crippen molar-refractivity contribution in [2.24, 2.45) is 0 Å². The number of carbonyl (C=O) groups excluding carboxylic acids is 1. The van der Waals surface area contributed by atoms with Crippen LogP contribution in [0.25, 0.3) is 0 Å². The molecule has 0 atom stereocenters. The first-order valence-electron chi connectivity index (χ1n) is 8.67. The Bertz CT molecular complexity index is 383. The van der Waals surface area contributed by atoms with Crippen LogP contribution in [-0.4, -0.2) is 19.5 Å². The van der Waals surface area contributed by atoms with Crippen LogP contribution in [-0.2, 0) is 0 Å². The Morgan fingerprint density at radius 1 is 0.818 bits per heavy atom. The normalized spacial score (nSPS) is 10.5. The first-order chi connectivity index (χ1) is 10.8. The molecule has 0 aliphatic rings. The zero-order valence-electron chi connectivity index (χ0n) is 14.1. The van der Waals surface area contributed by atoms with Gasteiger partial charge in [-0.3, -0.25) is 4.79 Å². The Morgan fingerprint density at radius 3 is 1.73 bits per heavy atom. The molecule has 1 rings (SSSR count). The summed E-state index contributed by atoms with van der Waals surface area (Å²) in [7, 11) is 0.